The Kier molecular flexibility index (Phi) is 2.42. The van der Waals surface area contributed by atoms with Crippen LogP contribution in [0.5, 0.6) is 0 Å². The minimum absolute atomic E-state index is 0.0687. The SMILES string of the molecule is N[C@H](C(=O)N1CCC2CC21)C12CC3CC(O)(CC(O)(C3)C1)C2. The highest BCUT2D eigenvalue weighted by Gasteiger charge is 2.65. The highest BCUT2D eigenvalue weighted by atomic mass is 16.3. The summed E-state index contributed by atoms with van der Waals surface area (Å²) < 4.78 is 0. The summed E-state index contributed by atoms with van der Waals surface area (Å²) in [4.78, 5) is 14.9. The summed E-state index contributed by atoms with van der Waals surface area (Å²) in [5.74, 6) is 1.09. The Balaban J connectivity index is 1.45. The molecule has 6 rings (SSSR count). The third kappa shape index (κ3) is 1.73. The standard InChI is InChI=1S/C17H26N2O3/c18-13(14(20)19-2-1-11-3-12(11)19)15-4-10-5-16(21,7-15)9-17(22,6-10)8-15/h10-13,21-22H,1-9,18H2/t10?,11?,12?,13-,15?,16?,17?/m1/s1. The quantitative estimate of drug-likeness (QED) is 0.688. The molecule has 0 aromatic heterocycles. The van der Waals surface area contributed by atoms with Crippen LogP contribution in [0.25, 0.3) is 0 Å². The molecule has 0 aromatic rings. The lowest BCUT2D eigenvalue weighted by Crippen LogP contribution is -2.69. The predicted molar refractivity (Wildman–Crippen MR) is 79.7 cm³/mol. The monoisotopic (exact) mass is 306 g/mol. The molecule has 1 saturated heterocycles. The Hall–Kier alpha value is -0.650. The van der Waals surface area contributed by atoms with E-state index in [-0.39, 0.29) is 5.91 Å². The Morgan fingerprint density at radius 2 is 1.82 bits per heavy atom. The Labute approximate surface area is 130 Å². The number of carbonyl (C=O) groups is 1. The van der Waals surface area contributed by atoms with Gasteiger partial charge in [-0.15, -0.1) is 0 Å². The minimum Gasteiger partial charge on any atom is -0.390 e. The zero-order valence-electron chi connectivity index (χ0n) is 13.0. The van der Waals surface area contributed by atoms with Crippen molar-refractivity contribution in [2.45, 2.75) is 74.7 Å². The molecule has 5 saturated carbocycles. The molecule has 22 heavy (non-hydrogen) atoms. The number of piperidine rings is 1. The van der Waals surface area contributed by atoms with E-state index in [0.29, 0.717) is 37.1 Å². The van der Waals surface area contributed by atoms with Crippen molar-refractivity contribution in [2.24, 2.45) is 23.0 Å². The Morgan fingerprint density at radius 3 is 2.32 bits per heavy atom. The molecule has 1 heterocycles. The van der Waals surface area contributed by atoms with Crippen LogP contribution in [0.15, 0.2) is 0 Å². The number of carbonyl (C=O) groups excluding carboxylic acids is 1. The molecular weight excluding hydrogens is 280 g/mol. The first-order valence-electron chi connectivity index (χ1n) is 8.82. The van der Waals surface area contributed by atoms with Crippen molar-refractivity contribution in [1.82, 2.24) is 4.90 Å². The normalized spacial score (nSPS) is 56.1. The third-order valence-electron chi connectivity index (χ3n) is 7.29. The van der Waals surface area contributed by atoms with E-state index >= 15 is 0 Å². The van der Waals surface area contributed by atoms with Crippen molar-refractivity contribution in [2.75, 3.05) is 6.54 Å². The molecule has 6 fully saturated rings. The Morgan fingerprint density at radius 1 is 1.14 bits per heavy atom. The van der Waals surface area contributed by atoms with Gasteiger partial charge in [-0.3, -0.25) is 4.79 Å². The van der Waals surface area contributed by atoms with Crippen molar-refractivity contribution in [3.05, 3.63) is 0 Å². The zero-order chi connectivity index (χ0) is 15.3. The van der Waals surface area contributed by atoms with Crippen LogP contribution in [-0.2, 0) is 4.79 Å². The van der Waals surface area contributed by atoms with E-state index in [0.717, 1.165) is 38.6 Å². The van der Waals surface area contributed by atoms with Crippen LogP contribution in [0, 0.1) is 17.3 Å². The lowest BCUT2D eigenvalue weighted by molar-refractivity contribution is -0.234. The van der Waals surface area contributed by atoms with E-state index in [1.807, 2.05) is 4.90 Å². The first-order valence-corrected chi connectivity index (χ1v) is 8.82. The van der Waals surface area contributed by atoms with Crippen molar-refractivity contribution < 1.29 is 15.0 Å². The number of likely N-dealkylation sites (tertiary alicyclic amines) is 1. The number of aliphatic hydroxyl groups is 2. The summed E-state index contributed by atoms with van der Waals surface area (Å²) in [6.45, 7) is 0.843. The van der Waals surface area contributed by atoms with Gasteiger partial charge in [-0.25, -0.2) is 0 Å². The molecule has 4 unspecified atom stereocenters. The summed E-state index contributed by atoms with van der Waals surface area (Å²) in [5, 5.41) is 21.7. The van der Waals surface area contributed by atoms with Gasteiger partial charge in [-0.2, -0.15) is 0 Å². The number of nitrogens with two attached hydrogens (primary N) is 1. The van der Waals surface area contributed by atoms with Crippen LogP contribution in [0.1, 0.15) is 51.4 Å². The van der Waals surface area contributed by atoms with Crippen molar-refractivity contribution >= 4 is 5.91 Å². The van der Waals surface area contributed by atoms with Crippen molar-refractivity contribution in [3.63, 3.8) is 0 Å². The lowest BCUT2D eigenvalue weighted by atomic mass is 9.44. The van der Waals surface area contributed by atoms with Gasteiger partial charge in [0.1, 0.15) is 0 Å². The molecule has 4 N–H and O–H groups in total. The molecule has 5 heteroatoms. The lowest BCUT2D eigenvalue weighted by Gasteiger charge is -2.64. The predicted octanol–water partition coefficient (Wildman–Crippen LogP) is 0.381. The summed E-state index contributed by atoms with van der Waals surface area (Å²) in [6, 6.07) is -0.132. The van der Waals surface area contributed by atoms with Crippen LogP contribution in [0.4, 0.5) is 0 Å². The van der Waals surface area contributed by atoms with E-state index in [1.54, 1.807) is 0 Å². The van der Waals surface area contributed by atoms with Gasteiger partial charge in [-0.1, -0.05) is 0 Å². The summed E-state index contributed by atoms with van der Waals surface area (Å²) >= 11 is 0. The van der Waals surface area contributed by atoms with Crippen molar-refractivity contribution in [3.8, 4) is 0 Å². The summed E-state index contributed by atoms with van der Waals surface area (Å²) in [5.41, 5.74) is 4.47. The minimum atomic E-state index is -0.806. The van der Waals surface area contributed by atoms with Crippen LogP contribution >= 0.6 is 0 Å². The van der Waals surface area contributed by atoms with E-state index in [2.05, 4.69) is 0 Å². The number of hydrogen-bond acceptors (Lipinski definition) is 4. The maximum absolute atomic E-state index is 12.9. The van der Waals surface area contributed by atoms with E-state index < -0.39 is 22.7 Å². The van der Waals surface area contributed by atoms with Crippen LogP contribution < -0.4 is 5.73 Å². The third-order valence-corrected chi connectivity index (χ3v) is 7.29. The molecule has 1 aliphatic heterocycles. The van der Waals surface area contributed by atoms with Gasteiger partial charge in [0, 0.05) is 24.4 Å². The first-order chi connectivity index (χ1) is 10.3. The molecule has 4 bridgehead atoms. The molecule has 122 valence electrons. The molecule has 0 aromatic carbocycles. The fraction of sp³-hybridized carbons (Fsp3) is 0.941. The highest BCUT2D eigenvalue weighted by molar-refractivity contribution is 5.84. The number of amides is 1. The fourth-order valence-electron chi connectivity index (χ4n) is 6.87. The number of fused-ring (bicyclic) bond motifs is 1. The van der Waals surface area contributed by atoms with E-state index in [1.165, 1.54) is 0 Å². The average Bonchev–Trinajstić information content (AvgIpc) is 3.04. The maximum atomic E-state index is 12.9. The van der Waals surface area contributed by atoms with Gasteiger partial charge in [0.25, 0.3) is 0 Å². The van der Waals surface area contributed by atoms with Gasteiger partial charge in [0.2, 0.25) is 5.91 Å². The molecule has 6 aliphatic rings. The zero-order valence-corrected chi connectivity index (χ0v) is 13.0. The molecule has 5 atom stereocenters. The second kappa shape index (κ2) is 3.87. The molecule has 1 amide bonds. The van der Waals surface area contributed by atoms with Gasteiger partial charge >= 0.3 is 0 Å². The van der Waals surface area contributed by atoms with Crippen LogP contribution in [0.2, 0.25) is 0 Å². The molecule has 0 spiro atoms. The topological polar surface area (TPSA) is 86.8 Å². The van der Waals surface area contributed by atoms with Gasteiger partial charge in [0.05, 0.1) is 17.2 Å². The molecule has 5 nitrogen and oxygen atoms in total. The summed E-state index contributed by atoms with van der Waals surface area (Å²) in [7, 11) is 0. The highest BCUT2D eigenvalue weighted by Crippen LogP contribution is 2.64. The largest absolute Gasteiger partial charge is 0.390 e. The molecule has 5 aliphatic carbocycles. The molecular formula is C17H26N2O3. The fourth-order valence-corrected chi connectivity index (χ4v) is 6.87. The average molecular weight is 306 g/mol. The van der Waals surface area contributed by atoms with E-state index in [4.69, 9.17) is 5.73 Å². The second-order valence-electron chi connectivity index (χ2n) is 9.18. The smallest absolute Gasteiger partial charge is 0.240 e. The number of rotatable bonds is 2. The van der Waals surface area contributed by atoms with Gasteiger partial charge < -0.3 is 20.8 Å². The van der Waals surface area contributed by atoms with Crippen LogP contribution in [-0.4, -0.2) is 50.9 Å². The van der Waals surface area contributed by atoms with Gasteiger partial charge in [-0.05, 0) is 56.8 Å². The first kappa shape index (κ1) is 13.8. The van der Waals surface area contributed by atoms with E-state index in [9.17, 15) is 15.0 Å². The number of hydrogen-bond donors (Lipinski definition) is 3. The Bertz CT molecular complexity index is 532. The number of nitrogens with zero attached hydrogens (tertiary/aromatic N) is 1. The van der Waals surface area contributed by atoms with Gasteiger partial charge in [0.15, 0.2) is 0 Å². The van der Waals surface area contributed by atoms with Crippen molar-refractivity contribution in [1.29, 1.82) is 0 Å². The maximum Gasteiger partial charge on any atom is 0.240 e. The second-order valence-corrected chi connectivity index (χ2v) is 9.18. The summed E-state index contributed by atoms with van der Waals surface area (Å²) in [6.07, 6.45) is 6.34. The van der Waals surface area contributed by atoms with Crippen LogP contribution in [0.3, 0.4) is 0 Å². The molecule has 0 radical (unpaired) electrons.